The van der Waals surface area contributed by atoms with Crippen LogP contribution in [-0.2, 0) is 11.2 Å². The van der Waals surface area contributed by atoms with Crippen molar-refractivity contribution in [3.8, 4) is 11.8 Å². The zero-order chi connectivity index (χ0) is 11.6. The Kier molecular flexibility index (Phi) is 3.17. The van der Waals surface area contributed by atoms with Crippen LogP contribution in [0.15, 0.2) is 22.7 Å². The van der Waals surface area contributed by atoms with E-state index in [1.54, 1.807) is 7.11 Å². The van der Waals surface area contributed by atoms with Crippen LogP contribution in [0.4, 0.5) is 0 Å². The average molecular weight is 282 g/mol. The molecule has 3 nitrogen and oxygen atoms in total. The van der Waals surface area contributed by atoms with Gasteiger partial charge in [-0.3, -0.25) is 0 Å². The molecule has 1 saturated heterocycles. The summed E-state index contributed by atoms with van der Waals surface area (Å²) < 4.78 is 11.4. The molecule has 84 valence electrons. The van der Waals surface area contributed by atoms with Crippen LogP contribution in [0.2, 0.25) is 0 Å². The number of hydrogen-bond donors (Lipinski definition) is 0. The molecule has 0 atom stereocenters. The zero-order valence-electron chi connectivity index (χ0n) is 9.00. The number of ether oxygens (including phenoxy) is 2. The van der Waals surface area contributed by atoms with Gasteiger partial charge in [0.15, 0.2) is 0 Å². The summed E-state index contributed by atoms with van der Waals surface area (Å²) in [7, 11) is 1.64. The predicted molar refractivity (Wildman–Crippen MR) is 63.3 cm³/mol. The van der Waals surface area contributed by atoms with Gasteiger partial charge in [-0.05, 0) is 30.2 Å². The molecule has 0 saturated carbocycles. The van der Waals surface area contributed by atoms with E-state index in [4.69, 9.17) is 14.7 Å². The summed E-state index contributed by atoms with van der Waals surface area (Å²) in [6.07, 6.45) is 0.673. The number of nitriles is 1. The van der Waals surface area contributed by atoms with Crippen molar-refractivity contribution in [2.75, 3.05) is 20.3 Å². The molecule has 0 aliphatic carbocycles. The van der Waals surface area contributed by atoms with Crippen LogP contribution in [-0.4, -0.2) is 20.3 Å². The van der Waals surface area contributed by atoms with E-state index in [0.717, 1.165) is 15.8 Å². The zero-order valence-corrected chi connectivity index (χ0v) is 10.6. The first-order valence-electron chi connectivity index (χ1n) is 5.00. The number of nitrogens with zero attached hydrogens (tertiary/aromatic N) is 1. The quantitative estimate of drug-likeness (QED) is 0.855. The van der Waals surface area contributed by atoms with E-state index in [1.807, 2.05) is 18.2 Å². The van der Waals surface area contributed by atoms with Crippen LogP contribution in [0, 0.1) is 16.7 Å². The summed E-state index contributed by atoms with van der Waals surface area (Å²) in [6, 6.07) is 8.17. The van der Waals surface area contributed by atoms with Crippen LogP contribution < -0.4 is 4.74 Å². The Bertz CT molecular complexity index is 435. The Morgan fingerprint density at radius 1 is 1.56 bits per heavy atom. The molecule has 1 aromatic rings. The maximum atomic E-state index is 9.15. The van der Waals surface area contributed by atoms with Gasteiger partial charge in [-0.25, -0.2) is 0 Å². The van der Waals surface area contributed by atoms with Crippen LogP contribution >= 0.6 is 15.9 Å². The lowest BCUT2D eigenvalue weighted by atomic mass is 9.81. The maximum absolute atomic E-state index is 9.15. The van der Waals surface area contributed by atoms with E-state index in [0.29, 0.717) is 19.6 Å². The fraction of sp³-hybridized carbons (Fsp3) is 0.417. The topological polar surface area (TPSA) is 42.2 Å². The Morgan fingerprint density at radius 3 is 2.81 bits per heavy atom. The molecular formula is C12H12BrNO2. The van der Waals surface area contributed by atoms with Gasteiger partial charge in [0, 0.05) is 4.47 Å². The van der Waals surface area contributed by atoms with Crippen LogP contribution in [0.5, 0.6) is 5.75 Å². The van der Waals surface area contributed by atoms with Crippen LogP contribution in [0.1, 0.15) is 5.56 Å². The van der Waals surface area contributed by atoms with Crippen molar-refractivity contribution in [1.82, 2.24) is 0 Å². The first-order chi connectivity index (χ1) is 7.69. The van der Waals surface area contributed by atoms with E-state index >= 15 is 0 Å². The summed E-state index contributed by atoms with van der Waals surface area (Å²) in [5, 5.41) is 9.15. The first-order valence-corrected chi connectivity index (χ1v) is 5.80. The molecule has 1 aromatic carbocycles. The minimum Gasteiger partial charge on any atom is -0.496 e. The minimum atomic E-state index is -0.367. The monoisotopic (exact) mass is 281 g/mol. The maximum Gasteiger partial charge on any atom is 0.122 e. The van der Waals surface area contributed by atoms with Gasteiger partial charge in [-0.1, -0.05) is 15.9 Å². The Hall–Kier alpha value is -1.05. The highest BCUT2D eigenvalue weighted by atomic mass is 79.9. The van der Waals surface area contributed by atoms with Crippen molar-refractivity contribution >= 4 is 15.9 Å². The van der Waals surface area contributed by atoms with Gasteiger partial charge in [-0.15, -0.1) is 0 Å². The van der Waals surface area contributed by atoms with Crippen LogP contribution in [0.25, 0.3) is 0 Å². The SMILES string of the molecule is COc1ccc(Br)cc1CC1(C#N)COC1. The molecule has 2 rings (SSSR count). The molecule has 0 bridgehead atoms. The molecule has 0 N–H and O–H groups in total. The van der Waals surface area contributed by atoms with Crippen LogP contribution in [0.3, 0.4) is 0 Å². The molecule has 1 heterocycles. The molecule has 4 heteroatoms. The Balaban J connectivity index is 2.26. The predicted octanol–water partition coefficient (Wildman–Crippen LogP) is 2.54. The number of methoxy groups -OCH3 is 1. The fourth-order valence-electron chi connectivity index (χ4n) is 1.80. The van der Waals surface area contributed by atoms with Crippen molar-refractivity contribution < 1.29 is 9.47 Å². The van der Waals surface area contributed by atoms with Gasteiger partial charge in [0.2, 0.25) is 0 Å². The number of rotatable bonds is 3. The lowest BCUT2D eigenvalue weighted by Crippen LogP contribution is -2.43. The Morgan fingerprint density at radius 2 is 2.31 bits per heavy atom. The summed E-state index contributed by atoms with van der Waals surface area (Å²) in [6.45, 7) is 1.03. The second kappa shape index (κ2) is 4.44. The van der Waals surface area contributed by atoms with Gasteiger partial charge in [0.1, 0.15) is 11.2 Å². The highest BCUT2D eigenvalue weighted by Gasteiger charge is 2.39. The van der Waals surface area contributed by atoms with Crippen molar-refractivity contribution in [3.63, 3.8) is 0 Å². The van der Waals surface area contributed by atoms with E-state index in [9.17, 15) is 0 Å². The van der Waals surface area contributed by atoms with Gasteiger partial charge in [0.05, 0.1) is 26.4 Å². The molecule has 0 spiro atoms. The standard InChI is InChI=1S/C12H12BrNO2/c1-15-11-3-2-10(13)4-9(11)5-12(6-14)7-16-8-12/h2-4H,5,7-8H2,1H3. The summed E-state index contributed by atoms with van der Waals surface area (Å²) in [5.74, 6) is 0.824. The highest BCUT2D eigenvalue weighted by molar-refractivity contribution is 9.10. The van der Waals surface area contributed by atoms with Gasteiger partial charge >= 0.3 is 0 Å². The third kappa shape index (κ3) is 2.06. The molecule has 16 heavy (non-hydrogen) atoms. The summed E-state index contributed by atoms with van der Waals surface area (Å²) in [5.41, 5.74) is 0.676. The molecule has 1 aliphatic rings. The largest absolute Gasteiger partial charge is 0.496 e. The van der Waals surface area contributed by atoms with E-state index in [2.05, 4.69) is 22.0 Å². The van der Waals surface area contributed by atoms with Crippen molar-refractivity contribution in [2.45, 2.75) is 6.42 Å². The van der Waals surface area contributed by atoms with E-state index in [-0.39, 0.29) is 5.41 Å². The summed E-state index contributed by atoms with van der Waals surface area (Å²) in [4.78, 5) is 0. The molecule has 0 amide bonds. The normalized spacial score (nSPS) is 17.3. The molecular weight excluding hydrogens is 270 g/mol. The minimum absolute atomic E-state index is 0.367. The molecule has 0 aromatic heterocycles. The first kappa shape index (κ1) is 11.4. The third-order valence-electron chi connectivity index (χ3n) is 2.77. The third-order valence-corrected chi connectivity index (χ3v) is 3.26. The summed E-state index contributed by atoms with van der Waals surface area (Å²) >= 11 is 3.43. The van der Waals surface area contributed by atoms with Gasteiger partial charge < -0.3 is 9.47 Å². The van der Waals surface area contributed by atoms with Crippen molar-refractivity contribution in [2.24, 2.45) is 5.41 Å². The number of hydrogen-bond acceptors (Lipinski definition) is 3. The molecule has 0 radical (unpaired) electrons. The Labute approximate surface area is 103 Å². The molecule has 1 fully saturated rings. The molecule has 0 unspecified atom stereocenters. The lowest BCUT2D eigenvalue weighted by molar-refractivity contribution is -0.0767. The van der Waals surface area contributed by atoms with Crippen molar-refractivity contribution in [1.29, 1.82) is 5.26 Å². The second-order valence-electron chi connectivity index (χ2n) is 4.02. The second-order valence-corrected chi connectivity index (χ2v) is 4.93. The fourth-order valence-corrected chi connectivity index (χ4v) is 2.21. The average Bonchev–Trinajstić information content (AvgIpc) is 2.24. The lowest BCUT2D eigenvalue weighted by Gasteiger charge is -2.35. The van der Waals surface area contributed by atoms with Gasteiger partial charge in [0.25, 0.3) is 0 Å². The van der Waals surface area contributed by atoms with E-state index in [1.165, 1.54) is 0 Å². The van der Waals surface area contributed by atoms with E-state index < -0.39 is 0 Å². The highest BCUT2D eigenvalue weighted by Crippen LogP contribution is 2.35. The van der Waals surface area contributed by atoms with Crippen molar-refractivity contribution in [3.05, 3.63) is 28.2 Å². The molecule has 1 aliphatic heterocycles. The smallest absolute Gasteiger partial charge is 0.122 e. The van der Waals surface area contributed by atoms with Gasteiger partial charge in [-0.2, -0.15) is 5.26 Å². The number of halogens is 1. The number of benzene rings is 1.